The molecule has 0 atom stereocenters. The molecule has 0 fully saturated rings. The van der Waals surface area contributed by atoms with Crippen molar-refractivity contribution in [1.82, 2.24) is 0 Å². The fraction of sp³-hybridized carbons (Fsp3) is 1.00. The van der Waals surface area contributed by atoms with E-state index in [0.717, 1.165) is 0 Å². The van der Waals surface area contributed by atoms with E-state index in [9.17, 15) is 0 Å². The first-order valence-corrected chi connectivity index (χ1v) is 1.89. The van der Waals surface area contributed by atoms with E-state index in [2.05, 4.69) is 9.47 Å². The summed E-state index contributed by atoms with van der Waals surface area (Å²) in [7, 11) is 3.30. The van der Waals surface area contributed by atoms with Crippen molar-refractivity contribution in [3.05, 3.63) is 0 Å². The molecule has 0 aromatic heterocycles. The van der Waals surface area contributed by atoms with E-state index in [1.165, 1.54) is 0 Å². The zero-order valence-electron chi connectivity index (χ0n) is 5.81. The third kappa shape index (κ3) is 15.8. The first-order valence-electron chi connectivity index (χ1n) is 1.89. The molecule has 4 heteroatoms. The second kappa shape index (κ2) is 15.7. The van der Waals surface area contributed by atoms with Crippen molar-refractivity contribution >= 4 is 9.90 Å². The fourth-order valence-corrected chi connectivity index (χ4v) is 0.167. The molecule has 2 nitrogen and oxygen atoms in total. The molecule has 0 aromatic rings. The molecule has 8 heavy (non-hydrogen) atoms. The summed E-state index contributed by atoms with van der Waals surface area (Å²) >= 11 is 0. The van der Waals surface area contributed by atoms with Crippen LogP contribution in [0.3, 0.4) is 0 Å². The molecule has 0 spiro atoms. The van der Waals surface area contributed by atoms with E-state index >= 15 is 0 Å². The summed E-state index contributed by atoms with van der Waals surface area (Å²) in [6, 6.07) is 0. The summed E-state index contributed by atoms with van der Waals surface area (Å²) in [5, 5.41) is 0. The third-order valence-corrected chi connectivity index (χ3v) is 0.492. The van der Waals surface area contributed by atoms with Crippen LogP contribution < -0.4 is 18.9 Å². The van der Waals surface area contributed by atoms with Gasteiger partial charge in [-0.05, 0) is 0 Å². The van der Waals surface area contributed by atoms with Crippen molar-refractivity contribution < 1.29 is 28.3 Å². The van der Waals surface area contributed by atoms with Crippen molar-refractivity contribution in [2.24, 2.45) is 0 Å². The summed E-state index contributed by atoms with van der Waals surface area (Å²) in [5.41, 5.74) is 0. The molecule has 0 amide bonds. The van der Waals surface area contributed by atoms with E-state index in [-0.39, 0.29) is 28.8 Å². The number of rotatable bonds is 3. The Bertz CT molecular complexity index is 26.0. The molecule has 46 valence electrons. The summed E-state index contributed by atoms with van der Waals surface area (Å²) in [5.74, 6) is 0. The van der Waals surface area contributed by atoms with E-state index in [4.69, 9.17) is 0 Å². The first-order chi connectivity index (χ1) is 2.91. The van der Waals surface area contributed by atoms with Crippen LogP contribution in [0.2, 0.25) is 0 Å². The summed E-state index contributed by atoms with van der Waals surface area (Å²) in [4.78, 5) is 0. The van der Waals surface area contributed by atoms with Gasteiger partial charge in [0.15, 0.2) is 0 Å². The predicted octanol–water partition coefficient (Wildman–Crippen LogP) is -2.39. The van der Waals surface area contributed by atoms with Crippen molar-refractivity contribution in [3.63, 3.8) is 0 Å². The van der Waals surface area contributed by atoms with Gasteiger partial charge in [-0.2, -0.15) is 0 Å². The van der Waals surface area contributed by atoms with Crippen LogP contribution in [0, 0.1) is 0 Å². The molecular formula is C4H12LiO2P. The Morgan fingerprint density at radius 2 is 1.25 bits per heavy atom. The Kier molecular flexibility index (Phi) is 31.3. The molecule has 0 rings (SSSR count). The molecule has 0 aliphatic rings. The molecule has 0 heterocycles. The standard InChI is InChI=1S/C4H10O2.Li.H2P/c1-5-3-4-6-2;;/h3-4H2,1-2H3;;1H2/q;+1;-1. The number of hydrogen-bond acceptors (Lipinski definition) is 2. The van der Waals surface area contributed by atoms with Gasteiger partial charge in [-0.3, -0.25) is 0 Å². The minimum Gasteiger partial charge on any atom is -0.577 e. The molecule has 0 radical (unpaired) electrons. The molecular weight excluding hydrogens is 118 g/mol. The summed E-state index contributed by atoms with van der Waals surface area (Å²) < 4.78 is 9.31. The second-order valence-corrected chi connectivity index (χ2v) is 0.986. The number of hydrogen-bond donors (Lipinski definition) is 0. The third-order valence-electron chi connectivity index (χ3n) is 0.492. The van der Waals surface area contributed by atoms with Gasteiger partial charge in [-0.25, -0.2) is 0 Å². The molecule has 0 N–H and O–H groups in total. The Balaban J connectivity index is -0.000000125. The Labute approximate surface area is 66.1 Å². The molecule has 0 saturated heterocycles. The minimum absolute atomic E-state index is 0. The van der Waals surface area contributed by atoms with Crippen LogP contribution in [0.5, 0.6) is 0 Å². The van der Waals surface area contributed by atoms with Crippen LogP contribution >= 0.6 is 9.90 Å². The normalized spacial score (nSPS) is 6.75. The maximum Gasteiger partial charge on any atom is 1.00 e. The van der Waals surface area contributed by atoms with Crippen molar-refractivity contribution in [2.75, 3.05) is 27.4 Å². The van der Waals surface area contributed by atoms with Crippen LogP contribution in [0.1, 0.15) is 0 Å². The van der Waals surface area contributed by atoms with E-state index < -0.39 is 0 Å². The van der Waals surface area contributed by atoms with Crippen LogP contribution in [0.4, 0.5) is 0 Å². The van der Waals surface area contributed by atoms with Crippen LogP contribution in [-0.4, -0.2) is 27.4 Å². The minimum atomic E-state index is 0. The van der Waals surface area contributed by atoms with E-state index in [0.29, 0.717) is 13.2 Å². The van der Waals surface area contributed by atoms with Gasteiger partial charge in [0.1, 0.15) is 0 Å². The average Bonchev–Trinajstić information content (AvgIpc) is 1.61. The smallest absolute Gasteiger partial charge is 0.577 e. The number of ether oxygens (including phenoxy) is 2. The van der Waals surface area contributed by atoms with Gasteiger partial charge in [0, 0.05) is 14.2 Å². The van der Waals surface area contributed by atoms with E-state index in [1.807, 2.05) is 0 Å². The van der Waals surface area contributed by atoms with Gasteiger partial charge in [-0.15, -0.1) is 0 Å². The van der Waals surface area contributed by atoms with Crippen LogP contribution in [-0.2, 0) is 9.47 Å². The summed E-state index contributed by atoms with van der Waals surface area (Å²) in [6.07, 6.45) is 0. The first kappa shape index (κ1) is 16.0. The topological polar surface area (TPSA) is 18.5 Å². The molecule has 0 aliphatic heterocycles. The average molecular weight is 130 g/mol. The molecule has 0 aliphatic carbocycles. The molecule has 0 aromatic carbocycles. The Morgan fingerprint density at radius 1 is 1.00 bits per heavy atom. The Hall–Kier alpha value is 0.947. The van der Waals surface area contributed by atoms with Crippen molar-refractivity contribution in [2.45, 2.75) is 0 Å². The van der Waals surface area contributed by atoms with Gasteiger partial charge in [0.25, 0.3) is 0 Å². The number of methoxy groups -OCH3 is 2. The SMILES string of the molecule is COCCOC.[Li+].[PH2-]. The van der Waals surface area contributed by atoms with Crippen molar-refractivity contribution in [3.8, 4) is 0 Å². The quantitative estimate of drug-likeness (QED) is 0.241. The van der Waals surface area contributed by atoms with E-state index in [1.54, 1.807) is 14.2 Å². The van der Waals surface area contributed by atoms with Gasteiger partial charge in [0.2, 0.25) is 0 Å². The zero-order valence-corrected chi connectivity index (χ0v) is 6.96. The molecule has 0 bridgehead atoms. The van der Waals surface area contributed by atoms with Gasteiger partial charge in [0.05, 0.1) is 13.2 Å². The maximum absolute atomic E-state index is 4.66. The maximum atomic E-state index is 4.66. The zero-order chi connectivity index (χ0) is 4.83. The van der Waals surface area contributed by atoms with Gasteiger partial charge >= 0.3 is 18.9 Å². The van der Waals surface area contributed by atoms with Crippen LogP contribution in [0.25, 0.3) is 0 Å². The van der Waals surface area contributed by atoms with Gasteiger partial charge in [-0.1, -0.05) is 0 Å². The predicted molar refractivity (Wildman–Crippen MR) is 33.5 cm³/mol. The van der Waals surface area contributed by atoms with Gasteiger partial charge < -0.3 is 19.4 Å². The second-order valence-electron chi connectivity index (χ2n) is 0.986. The Morgan fingerprint density at radius 3 is 1.38 bits per heavy atom. The van der Waals surface area contributed by atoms with Crippen molar-refractivity contribution in [1.29, 1.82) is 0 Å². The molecule has 0 saturated carbocycles. The fourth-order valence-electron chi connectivity index (χ4n) is 0.167. The van der Waals surface area contributed by atoms with Crippen LogP contribution in [0.15, 0.2) is 0 Å². The molecule has 0 unspecified atom stereocenters. The largest absolute Gasteiger partial charge is 1.00 e. The monoisotopic (exact) mass is 130 g/mol. The summed E-state index contributed by atoms with van der Waals surface area (Å²) in [6.45, 7) is 1.38.